The van der Waals surface area contributed by atoms with Crippen LogP contribution in [-0.2, 0) is 20.1 Å². The Hall–Kier alpha value is -4.18. The second-order valence-corrected chi connectivity index (χ2v) is 9.36. The molecule has 0 saturated carbocycles. The fourth-order valence-electron chi connectivity index (χ4n) is 4.91. The van der Waals surface area contributed by atoms with Crippen LogP contribution in [-0.4, -0.2) is 64.2 Å². The van der Waals surface area contributed by atoms with Gasteiger partial charge in [-0.15, -0.1) is 0 Å². The number of ether oxygens (including phenoxy) is 2. The zero-order valence-corrected chi connectivity index (χ0v) is 21.9. The van der Waals surface area contributed by atoms with E-state index in [1.54, 1.807) is 39.5 Å². The van der Waals surface area contributed by atoms with Gasteiger partial charge in [-0.25, -0.2) is 4.68 Å². The summed E-state index contributed by atoms with van der Waals surface area (Å²) in [5.41, 5.74) is 2.23. The van der Waals surface area contributed by atoms with Gasteiger partial charge in [0.15, 0.2) is 0 Å². The minimum atomic E-state index is -0.297. The van der Waals surface area contributed by atoms with Gasteiger partial charge in [-0.05, 0) is 56.3 Å². The number of carbonyl (C=O) groups is 1. The minimum Gasteiger partial charge on any atom is -0.497 e. The molecule has 1 amide bonds. The van der Waals surface area contributed by atoms with Crippen LogP contribution < -0.4 is 20.3 Å². The van der Waals surface area contributed by atoms with Gasteiger partial charge >= 0.3 is 0 Å². The summed E-state index contributed by atoms with van der Waals surface area (Å²) in [5, 5.41) is 13.5. The van der Waals surface area contributed by atoms with Crippen molar-refractivity contribution in [1.29, 1.82) is 0 Å². The van der Waals surface area contributed by atoms with Crippen LogP contribution in [0.5, 0.6) is 11.5 Å². The van der Waals surface area contributed by atoms with Gasteiger partial charge in [0.05, 0.1) is 44.1 Å². The first-order valence-corrected chi connectivity index (χ1v) is 12.7. The van der Waals surface area contributed by atoms with Crippen molar-refractivity contribution >= 4 is 16.7 Å². The molecule has 2 aromatic carbocycles. The van der Waals surface area contributed by atoms with Gasteiger partial charge in [0.1, 0.15) is 17.2 Å². The zero-order valence-electron chi connectivity index (χ0n) is 21.9. The van der Waals surface area contributed by atoms with Crippen molar-refractivity contribution in [2.45, 2.75) is 25.9 Å². The van der Waals surface area contributed by atoms with Crippen molar-refractivity contribution in [3.63, 3.8) is 0 Å². The van der Waals surface area contributed by atoms with E-state index in [4.69, 9.17) is 9.47 Å². The third-order valence-corrected chi connectivity index (χ3v) is 6.98. The first-order valence-electron chi connectivity index (χ1n) is 12.7. The molecule has 1 N–H and O–H groups in total. The number of fused-ring (bicyclic) bond motifs is 1. The van der Waals surface area contributed by atoms with Crippen molar-refractivity contribution in [2.75, 3.05) is 33.9 Å². The molecule has 4 aromatic rings. The lowest BCUT2D eigenvalue weighted by Crippen LogP contribution is -2.33. The third kappa shape index (κ3) is 5.12. The van der Waals surface area contributed by atoms with Crippen molar-refractivity contribution < 1.29 is 14.3 Å². The van der Waals surface area contributed by atoms with Crippen LogP contribution in [0.15, 0.2) is 53.3 Å². The maximum absolute atomic E-state index is 13.2. The fourth-order valence-corrected chi connectivity index (χ4v) is 4.91. The standard InChI is InChI=1S/C28H32N6O4/c1-32-25(17-23(30-32)22-16-19(37-2)10-11-26(22)38-3)27(35)29-18-24-20-8-4-5-9-21(20)28(36)34(31-24)15-14-33-12-6-7-13-33/h4-5,8-11,16-17H,6-7,12-15,18H2,1-3H3,(H,29,35). The molecule has 38 heavy (non-hydrogen) atoms. The Balaban J connectivity index is 1.38. The Labute approximate surface area is 220 Å². The molecule has 1 fully saturated rings. The van der Waals surface area contributed by atoms with Crippen molar-refractivity contribution in [2.24, 2.45) is 7.05 Å². The summed E-state index contributed by atoms with van der Waals surface area (Å²) in [6, 6.07) is 14.6. The molecule has 3 heterocycles. The largest absolute Gasteiger partial charge is 0.497 e. The van der Waals surface area contributed by atoms with Gasteiger partial charge in [-0.3, -0.25) is 14.3 Å². The Bertz CT molecular complexity index is 1520. The third-order valence-electron chi connectivity index (χ3n) is 6.98. The van der Waals surface area contributed by atoms with E-state index in [2.05, 4.69) is 20.4 Å². The summed E-state index contributed by atoms with van der Waals surface area (Å²) in [4.78, 5) is 28.7. The summed E-state index contributed by atoms with van der Waals surface area (Å²) < 4.78 is 13.9. The highest BCUT2D eigenvalue weighted by Gasteiger charge is 2.19. The molecule has 0 spiro atoms. The van der Waals surface area contributed by atoms with Crippen LogP contribution in [0.25, 0.3) is 22.0 Å². The van der Waals surface area contributed by atoms with Gasteiger partial charge in [0.25, 0.3) is 11.5 Å². The molecule has 10 nitrogen and oxygen atoms in total. The number of aryl methyl sites for hydroxylation is 1. The Morgan fingerprint density at radius 2 is 1.74 bits per heavy atom. The number of aromatic nitrogens is 4. The predicted octanol–water partition coefficient (Wildman–Crippen LogP) is 2.84. The maximum Gasteiger partial charge on any atom is 0.274 e. The highest BCUT2D eigenvalue weighted by molar-refractivity contribution is 5.94. The van der Waals surface area contributed by atoms with Crippen LogP contribution in [0, 0.1) is 0 Å². The lowest BCUT2D eigenvalue weighted by atomic mass is 10.1. The number of likely N-dealkylation sites (tertiary alicyclic amines) is 1. The van der Waals surface area contributed by atoms with Crippen LogP contribution >= 0.6 is 0 Å². The fraction of sp³-hybridized carbons (Fsp3) is 0.357. The molecule has 10 heteroatoms. The summed E-state index contributed by atoms with van der Waals surface area (Å²) in [6.07, 6.45) is 2.38. The quantitative estimate of drug-likeness (QED) is 0.365. The summed E-state index contributed by atoms with van der Waals surface area (Å²) in [6.45, 7) is 3.58. The summed E-state index contributed by atoms with van der Waals surface area (Å²) >= 11 is 0. The smallest absolute Gasteiger partial charge is 0.274 e. The van der Waals surface area contributed by atoms with E-state index < -0.39 is 0 Å². The average molecular weight is 517 g/mol. The molecule has 0 radical (unpaired) electrons. The van der Waals surface area contributed by atoms with Crippen LogP contribution in [0.1, 0.15) is 29.0 Å². The molecule has 1 aliphatic heterocycles. The number of nitrogens with one attached hydrogen (secondary N) is 1. The molecule has 0 bridgehead atoms. The van der Waals surface area contributed by atoms with Crippen molar-refractivity contribution in [3.05, 3.63) is 70.3 Å². The van der Waals surface area contributed by atoms with E-state index in [1.807, 2.05) is 30.3 Å². The molecule has 0 atom stereocenters. The van der Waals surface area contributed by atoms with E-state index in [0.717, 1.165) is 30.6 Å². The number of rotatable bonds is 9. The summed E-state index contributed by atoms with van der Waals surface area (Å²) in [7, 11) is 4.90. The van der Waals surface area contributed by atoms with Crippen LogP contribution in [0.2, 0.25) is 0 Å². The lowest BCUT2D eigenvalue weighted by Gasteiger charge is -2.16. The molecule has 1 saturated heterocycles. The van der Waals surface area contributed by atoms with Gasteiger partial charge in [0, 0.05) is 24.5 Å². The summed E-state index contributed by atoms with van der Waals surface area (Å²) in [5.74, 6) is 0.992. The normalized spacial score (nSPS) is 13.7. The van der Waals surface area contributed by atoms with E-state index in [1.165, 1.54) is 22.2 Å². The molecular formula is C28H32N6O4. The van der Waals surface area contributed by atoms with Gasteiger partial charge in [-0.2, -0.15) is 10.2 Å². The number of hydrogen-bond donors (Lipinski definition) is 1. The number of benzene rings is 2. The highest BCUT2D eigenvalue weighted by Crippen LogP contribution is 2.33. The van der Waals surface area contributed by atoms with Gasteiger partial charge in [0.2, 0.25) is 0 Å². The van der Waals surface area contributed by atoms with Gasteiger partial charge < -0.3 is 19.7 Å². The molecule has 0 unspecified atom stereocenters. The number of hydrogen-bond acceptors (Lipinski definition) is 7. The first-order chi connectivity index (χ1) is 18.5. The Kier molecular flexibility index (Phi) is 7.41. The lowest BCUT2D eigenvalue weighted by molar-refractivity contribution is 0.0941. The number of amides is 1. The SMILES string of the molecule is COc1ccc(OC)c(-c2cc(C(=O)NCc3nn(CCN4CCCC4)c(=O)c4ccccc34)n(C)n2)c1. The van der Waals surface area contributed by atoms with E-state index in [-0.39, 0.29) is 18.0 Å². The molecule has 5 rings (SSSR count). The Morgan fingerprint density at radius 1 is 0.974 bits per heavy atom. The number of nitrogens with zero attached hydrogens (tertiary/aromatic N) is 5. The Morgan fingerprint density at radius 3 is 2.47 bits per heavy atom. The van der Waals surface area contributed by atoms with Gasteiger partial charge in [-0.1, -0.05) is 18.2 Å². The first kappa shape index (κ1) is 25.5. The molecule has 0 aliphatic carbocycles. The zero-order chi connectivity index (χ0) is 26.6. The molecule has 1 aliphatic rings. The number of carbonyl (C=O) groups excluding carboxylic acids is 1. The van der Waals surface area contributed by atoms with E-state index in [9.17, 15) is 9.59 Å². The predicted molar refractivity (Wildman–Crippen MR) is 145 cm³/mol. The molecule has 2 aromatic heterocycles. The van der Waals surface area contributed by atoms with Crippen molar-refractivity contribution in [3.8, 4) is 22.8 Å². The van der Waals surface area contributed by atoms with Crippen LogP contribution in [0.4, 0.5) is 0 Å². The average Bonchev–Trinajstić information content (AvgIpc) is 3.61. The highest BCUT2D eigenvalue weighted by atomic mass is 16.5. The topological polar surface area (TPSA) is 104 Å². The number of methoxy groups -OCH3 is 2. The second-order valence-electron chi connectivity index (χ2n) is 9.36. The second kappa shape index (κ2) is 11.1. The molecule has 198 valence electrons. The minimum absolute atomic E-state index is 0.113. The van der Waals surface area contributed by atoms with E-state index >= 15 is 0 Å². The maximum atomic E-state index is 13.2. The molecular weight excluding hydrogens is 484 g/mol. The monoisotopic (exact) mass is 516 g/mol. The van der Waals surface area contributed by atoms with E-state index in [0.29, 0.717) is 40.5 Å². The van der Waals surface area contributed by atoms with Crippen molar-refractivity contribution in [1.82, 2.24) is 29.8 Å². The van der Waals surface area contributed by atoms with Crippen LogP contribution in [0.3, 0.4) is 0 Å².